The molecule has 0 unspecified atom stereocenters. The lowest BCUT2D eigenvalue weighted by Crippen LogP contribution is -2.50. The van der Waals surface area contributed by atoms with Crippen LogP contribution < -0.4 is 20.3 Å². The summed E-state index contributed by atoms with van der Waals surface area (Å²) in [5.41, 5.74) is 1.18. The minimum Gasteiger partial charge on any atom is -0.497 e. The van der Waals surface area contributed by atoms with E-state index in [2.05, 4.69) is 10.0 Å². The summed E-state index contributed by atoms with van der Waals surface area (Å²) in [6.45, 7) is 1.44. The smallest absolute Gasteiger partial charge is 0.321 e. The number of anilines is 2. The quantitative estimate of drug-likeness (QED) is 0.558. The van der Waals surface area contributed by atoms with Gasteiger partial charge in [0.05, 0.1) is 7.11 Å². The number of aromatic nitrogens is 1. The molecule has 11 heteroatoms. The first kappa shape index (κ1) is 22.5. The maximum absolute atomic E-state index is 13.1. The average molecular weight is 501 g/mol. The molecule has 178 valence electrons. The van der Waals surface area contributed by atoms with E-state index in [-0.39, 0.29) is 33.3 Å². The van der Waals surface area contributed by atoms with Crippen LogP contribution in [0.5, 0.6) is 5.75 Å². The fourth-order valence-corrected chi connectivity index (χ4v) is 6.73. The van der Waals surface area contributed by atoms with E-state index >= 15 is 0 Å². The van der Waals surface area contributed by atoms with Gasteiger partial charge < -0.3 is 19.5 Å². The Balaban J connectivity index is 1.33. The predicted octanol–water partition coefficient (Wildman–Crippen LogP) is 3.37. The summed E-state index contributed by atoms with van der Waals surface area (Å²) in [5, 5.41) is 4.60. The molecular weight excluding hydrogens is 476 g/mol. The lowest BCUT2D eigenvalue weighted by atomic mass is 9.83. The van der Waals surface area contributed by atoms with Crippen LogP contribution in [0.3, 0.4) is 0 Å². The molecule has 0 saturated carbocycles. The number of fused-ring (bicyclic) bond motifs is 4. The number of rotatable bonds is 5. The van der Waals surface area contributed by atoms with E-state index in [0.29, 0.717) is 31.1 Å². The second kappa shape index (κ2) is 8.80. The molecule has 2 N–H and O–H groups in total. The Morgan fingerprint density at radius 1 is 1.09 bits per heavy atom. The van der Waals surface area contributed by atoms with Gasteiger partial charge >= 0.3 is 6.03 Å². The number of carbonyl (C=O) groups excluding carboxylic acids is 1. The minimum absolute atomic E-state index is 0.00442. The number of benzene rings is 1. The lowest BCUT2D eigenvalue weighted by molar-refractivity contribution is 0.139. The van der Waals surface area contributed by atoms with Crippen LogP contribution in [0.4, 0.5) is 16.2 Å². The second-order valence-corrected chi connectivity index (χ2v) is 11.3. The van der Waals surface area contributed by atoms with E-state index in [1.54, 1.807) is 58.4 Å². The van der Waals surface area contributed by atoms with E-state index in [9.17, 15) is 18.0 Å². The van der Waals surface area contributed by atoms with Gasteiger partial charge in [-0.3, -0.25) is 9.52 Å². The number of sulfonamides is 1. The van der Waals surface area contributed by atoms with Crippen molar-refractivity contribution in [2.24, 2.45) is 5.92 Å². The molecule has 0 radical (unpaired) electrons. The third kappa shape index (κ3) is 4.28. The van der Waals surface area contributed by atoms with Crippen LogP contribution in [-0.4, -0.2) is 44.1 Å². The molecule has 2 aromatic heterocycles. The van der Waals surface area contributed by atoms with Gasteiger partial charge in [0.25, 0.3) is 15.6 Å². The molecular formula is C23H24N4O5S2. The molecule has 1 saturated heterocycles. The number of nitrogens with zero attached hydrogens (tertiary/aromatic N) is 2. The molecule has 2 aliphatic rings. The van der Waals surface area contributed by atoms with Gasteiger partial charge in [0.2, 0.25) is 0 Å². The molecule has 2 aliphatic heterocycles. The maximum Gasteiger partial charge on any atom is 0.321 e. The number of thiophene rings is 1. The van der Waals surface area contributed by atoms with Crippen molar-refractivity contribution in [3.05, 3.63) is 70.0 Å². The summed E-state index contributed by atoms with van der Waals surface area (Å²) in [7, 11) is -2.22. The number of amides is 2. The van der Waals surface area contributed by atoms with Crippen LogP contribution in [0.2, 0.25) is 0 Å². The highest BCUT2D eigenvalue weighted by molar-refractivity contribution is 7.94. The largest absolute Gasteiger partial charge is 0.497 e. The third-order valence-electron chi connectivity index (χ3n) is 6.24. The minimum atomic E-state index is -3.81. The average Bonchev–Trinajstić information content (AvgIpc) is 3.38. The molecule has 3 aromatic rings. The van der Waals surface area contributed by atoms with Crippen molar-refractivity contribution in [2.45, 2.75) is 23.1 Å². The van der Waals surface area contributed by atoms with Crippen molar-refractivity contribution in [2.75, 3.05) is 30.2 Å². The van der Waals surface area contributed by atoms with Crippen LogP contribution in [0.15, 0.2) is 62.9 Å². The number of methoxy groups -OCH3 is 1. The summed E-state index contributed by atoms with van der Waals surface area (Å²) in [5.74, 6) is 0.823. The number of pyridine rings is 1. The number of carbonyl (C=O) groups is 1. The first-order chi connectivity index (χ1) is 16.3. The Bertz CT molecular complexity index is 1370. The van der Waals surface area contributed by atoms with Gasteiger partial charge in [0.1, 0.15) is 15.6 Å². The normalized spacial score (nSPS) is 19.3. The number of piperidine rings is 1. The fraction of sp³-hybridized carbons (Fsp3) is 0.304. The fourth-order valence-electron chi connectivity index (χ4n) is 4.68. The molecule has 4 heterocycles. The van der Waals surface area contributed by atoms with Crippen LogP contribution in [0.1, 0.15) is 18.0 Å². The summed E-state index contributed by atoms with van der Waals surface area (Å²) >= 11 is 1.09. The van der Waals surface area contributed by atoms with Crippen molar-refractivity contribution in [3.8, 4) is 5.75 Å². The summed E-state index contributed by atoms with van der Waals surface area (Å²) < 4.78 is 34.5. The summed E-state index contributed by atoms with van der Waals surface area (Å²) in [6, 6.07) is 13.4. The number of likely N-dealkylation sites (tertiary alicyclic amines) is 1. The second-order valence-electron chi connectivity index (χ2n) is 8.49. The van der Waals surface area contributed by atoms with Crippen LogP contribution in [-0.2, 0) is 16.6 Å². The number of nitrogens with one attached hydrogen (secondary N) is 2. The van der Waals surface area contributed by atoms with E-state index < -0.39 is 10.0 Å². The first-order valence-electron chi connectivity index (χ1n) is 10.8. The molecule has 2 atom stereocenters. The molecule has 9 nitrogen and oxygen atoms in total. The zero-order chi connectivity index (χ0) is 23.9. The Hall–Kier alpha value is -3.31. The van der Waals surface area contributed by atoms with Crippen LogP contribution >= 0.6 is 11.3 Å². The SMILES string of the molecule is COc1ccc(NC(=O)N2C[C@@H]3C[C@H](C2)c2ccc(NS(=O)(=O)c4cccs4)c(=O)n2C3)cc1. The Kier molecular flexibility index (Phi) is 5.82. The van der Waals surface area contributed by atoms with Gasteiger partial charge in [-0.2, -0.15) is 0 Å². The number of ether oxygens (including phenoxy) is 1. The van der Waals surface area contributed by atoms with Crippen LogP contribution in [0, 0.1) is 5.92 Å². The van der Waals surface area contributed by atoms with Crippen molar-refractivity contribution >= 4 is 38.8 Å². The highest BCUT2D eigenvalue weighted by atomic mass is 32.2. The Morgan fingerprint density at radius 2 is 1.88 bits per heavy atom. The van der Waals surface area contributed by atoms with E-state index in [1.165, 1.54) is 12.1 Å². The van der Waals surface area contributed by atoms with Gasteiger partial charge in [0, 0.05) is 36.9 Å². The molecule has 0 aliphatic carbocycles. The first-order valence-corrected chi connectivity index (χ1v) is 13.2. The Morgan fingerprint density at radius 3 is 2.59 bits per heavy atom. The van der Waals surface area contributed by atoms with Crippen molar-refractivity contribution in [1.82, 2.24) is 9.47 Å². The Labute approximate surface area is 201 Å². The van der Waals surface area contributed by atoms with Crippen LogP contribution in [0.25, 0.3) is 0 Å². The molecule has 2 amide bonds. The predicted molar refractivity (Wildman–Crippen MR) is 130 cm³/mol. The van der Waals surface area contributed by atoms with Gasteiger partial charge in [0.15, 0.2) is 0 Å². The highest BCUT2D eigenvalue weighted by Gasteiger charge is 2.37. The van der Waals surface area contributed by atoms with Crippen molar-refractivity contribution in [3.63, 3.8) is 0 Å². The molecule has 34 heavy (non-hydrogen) atoms. The topological polar surface area (TPSA) is 110 Å². The van der Waals surface area contributed by atoms with Gasteiger partial charge in [-0.15, -0.1) is 11.3 Å². The number of hydrogen-bond acceptors (Lipinski definition) is 6. The third-order valence-corrected chi connectivity index (χ3v) is 9.00. The summed E-state index contributed by atoms with van der Waals surface area (Å²) in [6.07, 6.45) is 0.881. The van der Waals surface area contributed by atoms with Gasteiger partial charge in [-0.1, -0.05) is 6.07 Å². The van der Waals surface area contributed by atoms with Crippen molar-refractivity contribution < 1.29 is 17.9 Å². The zero-order valence-electron chi connectivity index (χ0n) is 18.4. The summed E-state index contributed by atoms with van der Waals surface area (Å²) in [4.78, 5) is 27.8. The van der Waals surface area contributed by atoms with Crippen molar-refractivity contribution in [1.29, 1.82) is 0 Å². The van der Waals surface area contributed by atoms with Gasteiger partial charge in [-0.05, 0) is 60.2 Å². The van der Waals surface area contributed by atoms with E-state index in [0.717, 1.165) is 23.5 Å². The molecule has 1 aromatic carbocycles. The zero-order valence-corrected chi connectivity index (χ0v) is 20.1. The molecule has 2 bridgehead atoms. The molecule has 5 rings (SSSR count). The molecule has 1 fully saturated rings. The number of urea groups is 1. The van der Waals surface area contributed by atoms with E-state index in [4.69, 9.17) is 4.74 Å². The highest BCUT2D eigenvalue weighted by Crippen LogP contribution is 2.36. The maximum atomic E-state index is 13.1. The molecule has 0 spiro atoms. The van der Waals surface area contributed by atoms with E-state index in [1.807, 2.05) is 0 Å². The van der Waals surface area contributed by atoms with Gasteiger partial charge in [-0.25, -0.2) is 13.2 Å². The number of hydrogen-bond donors (Lipinski definition) is 2. The standard InChI is InChI=1S/C23H24N4O5S2/c1-32-18-6-4-17(5-7-18)24-23(29)26-12-15-11-16(14-26)20-9-8-19(22(28)27(20)13-15)25-34(30,31)21-3-2-10-33-21/h2-10,15-16,25H,11-14H2,1H3,(H,24,29)/t15-,16+/m0/s1. The lowest BCUT2D eigenvalue weighted by Gasteiger charge is -2.42. The monoisotopic (exact) mass is 500 g/mol.